The van der Waals surface area contributed by atoms with Crippen molar-refractivity contribution in [2.75, 3.05) is 7.11 Å². The third-order valence-corrected chi connectivity index (χ3v) is 4.15. The number of esters is 1. The summed E-state index contributed by atoms with van der Waals surface area (Å²) < 4.78 is 7.09. The van der Waals surface area contributed by atoms with Gasteiger partial charge in [-0.15, -0.1) is 0 Å². The molecule has 0 saturated heterocycles. The first kappa shape index (κ1) is 12.3. The van der Waals surface area contributed by atoms with Gasteiger partial charge in [0.2, 0.25) is 0 Å². The molecule has 19 heavy (non-hydrogen) atoms. The van der Waals surface area contributed by atoms with E-state index in [1.54, 1.807) is 0 Å². The Morgan fingerprint density at radius 1 is 1.26 bits per heavy atom. The fraction of sp³-hybridized carbons (Fsp3) is 0.438. The second-order valence-electron chi connectivity index (χ2n) is 5.22. The summed E-state index contributed by atoms with van der Waals surface area (Å²) in [6.45, 7) is 1.92. The van der Waals surface area contributed by atoms with Crippen LogP contribution in [0.25, 0.3) is 10.9 Å². The molecule has 0 amide bonds. The van der Waals surface area contributed by atoms with Gasteiger partial charge in [-0.25, -0.2) is 4.79 Å². The Bertz CT molecular complexity index is 627. The van der Waals surface area contributed by atoms with Gasteiger partial charge in [-0.2, -0.15) is 0 Å². The number of carbonyl (C=O) groups is 1. The fourth-order valence-electron chi connectivity index (χ4n) is 3.25. The van der Waals surface area contributed by atoms with Gasteiger partial charge in [0.25, 0.3) is 0 Å². The molecule has 2 aromatic rings. The average molecular weight is 257 g/mol. The Morgan fingerprint density at radius 3 is 2.79 bits per heavy atom. The van der Waals surface area contributed by atoms with Gasteiger partial charge in [-0.1, -0.05) is 18.2 Å². The highest BCUT2D eigenvalue weighted by Gasteiger charge is 2.25. The Labute approximate surface area is 113 Å². The molecule has 0 aliphatic heterocycles. The third-order valence-electron chi connectivity index (χ3n) is 4.15. The molecule has 0 radical (unpaired) electrons. The van der Waals surface area contributed by atoms with E-state index in [-0.39, 0.29) is 12.0 Å². The summed E-state index contributed by atoms with van der Waals surface area (Å²) >= 11 is 0. The number of aromatic nitrogens is 1. The van der Waals surface area contributed by atoms with Crippen molar-refractivity contribution >= 4 is 16.9 Å². The van der Waals surface area contributed by atoms with Crippen LogP contribution in [0.5, 0.6) is 0 Å². The molecule has 0 N–H and O–H groups in total. The molecule has 0 saturated carbocycles. The maximum atomic E-state index is 11.9. The van der Waals surface area contributed by atoms with Crippen LogP contribution in [-0.4, -0.2) is 17.6 Å². The predicted molar refractivity (Wildman–Crippen MR) is 75.3 cm³/mol. The minimum absolute atomic E-state index is 0.172. The van der Waals surface area contributed by atoms with Crippen LogP contribution >= 0.6 is 0 Å². The molecular formula is C16H19NO2. The second-order valence-corrected chi connectivity index (χ2v) is 5.22. The molecule has 1 aromatic heterocycles. The number of methoxy groups -OCH3 is 1. The highest BCUT2D eigenvalue weighted by atomic mass is 16.5. The molecule has 1 heterocycles. The van der Waals surface area contributed by atoms with Crippen LogP contribution in [0.2, 0.25) is 0 Å². The van der Waals surface area contributed by atoms with E-state index in [2.05, 4.69) is 22.8 Å². The number of carbonyl (C=O) groups excluding carboxylic acids is 1. The Balaban J connectivity index is 2.25. The van der Waals surface area contributed by atoms with E-state index < -0.39 is 0 Å². The number of para-hydroxylation sites is 1. The SMILES string of the molecule is COC(=O)C(C)n1c2c(c3ccccc31)CCCC2. The van der Waals surface area contributed by atoms with E-state index in [9.17, 15) is 4.79 Å². The molecule has 0 spiro atoms. The molecule has 0 bridgehead atoms. The Morgan fingerprint density at radius 2 is 2.00 bits per heavy atom. The molecule has 3 heteroatoms. The van der Waals surface area contributed by atoms with E-state index in [0.29, 0.717) is 0 Å². The van der Waals surface area contributed by atoms with E-state index in [1.807, 2.05) is 13.0 Å². The van der Waals surface area contributed by atoms with Gasteiger partial charge in [0, 0.05) is 16.6 Å². The standard InChI is InChI=1S/C16H19NO2/c1-11(16(18)19-2)17-14-9-5-3-7-12(14)13-8-4-6-10-15(13)17/h3,5,7,9,11H,4,6,8,10H2,1-2H3. The quantitative estimate of drug-likeness (QED) is 0.773. The first-order valence-corrected chi connectivity index (χ1v) is 6.92. The van der Waals surface area contributed by atoms with Gasteiger partial charge in [-0.3, -0.25) is 0 Å². The van der Waals surface area contributed by atoms with Gasteiger partial charge in [0.15, 0.2) is 0 Å². The van der Waals surface area contributed by atoms with Crippen molar-refractivity contribution in [1.82, 2.24) is 4.57 Å². The van der Waals surface area contributed by atoms with Crippen LogP contribution in [-0.2, 0) is 22.4 Å². The van der Waals surface area contributed by atoms with E-state index in [1.165, 1.54) is 36.6 Å². The lowest BCUT2D eigenvalue weighted by Gasteiger charge is -2.19. The van der Waals surface area contributed by atoms with Gasteiger partial charge < -0.3 is 9.30 Å². The highest BCUT2D eigenvalue weighted by molar-refractivity contribution is 5.88. The molecule has 1 unspecified atom stereocenters. The van der Waals surface area contributed by atoms with Crippen molar-refractivity contribution < 1.29 is 9.53 Å². The molecule has 1 aliphatic carbocycles. The zero-order valence-electron chi connectivity index (χ0n) is 11.5. The van der Waals surface area contributed by atoms with Gasteiger partial charge in [0.1, 0.15) is 6.04 Å². The molecule has 1 aromatic carbocycles. The van der Waals surface area contributed by atoms with Crippen LogP contribution in [0.4, 0.5) is 0 Å². The van der Waals surface area contributed by atoms with Gasteiger partial charge >= 0.3 is 5.97 Å². The maximum Gasteiger partial charge on any atom is 0.328 e. The van der Waals surface area contributed by atoms with E-state index in [4.69, 9.17) is 4.74 Å². The number of benzene rings is 1. The van der Waals surface area contributed by atoms with Crippen LogP contribution in [0.1, 0.15) is 37.1 Å². The number of hydrogen-bond donors (Lipinski definition) is 0. The normalized spacial score (nSPS) is 16.1. The summed E-state index contributed by atoms with van der Waals surface area (Å²) in [6, 6.07) is 8.13. The monoisotopic (exact) mass is 257 g/mol. The molecule has 100 valence electrons. The third kappa shape index (κ3) is 1.84. The van der Waals surface area contributed by atoms with Gasteiger partial charge in [0.05, 0.1) is 7.11 Å². The van der Waals surface area contributed by atoms with Crippen molar-refractivity contribution in [1.29, 1.82) is 0 Å². The molecule has 3 nitrogen and oxygen atoms in total. The molecular weight excluding hydrogens is 238 g/mol. The largest absolute Gasteiger partial charge is 0.467 e. The number of rotatable bonds is 2. The molecule has 0 fully saturated rings. The predicted octanol–water partition coefficient (Wildman–Crippen LogP) is 3.25. The van der Waals surface area contributed by atoms with Crippen LogP contribution < -0.4 is 0 Å². The number of aryl methyl sites for hydroxylation is 1. The minimum Gasteiger partial charge on any atom is -0.467 e. The van der Waals surface area contributed by atoms with Crippen molar-refractivity contribution in [3.8, 4) is 0 Å². The summed E-state index contributed by atoms with van der Waals surface area (Å²) in [5.74, 6) is -0.172. The summed E-state index contributed by atoms with van der Waals surface area (Å²) in [5, 5.41) is 1.30. The first-order chi connectivity index (χ1) is 9.24. The van der Waals surface area contributed by atoms with Crippen molar-refractivity contribution in [3.63, 3.8) is 0 Å². The van der Waals surface area contributed by atoms with Crippen molar-refractivity contribution in [3.05, 3.63) is 35.5 Å². The van der Waals surface area contributed by atoms with Crippen LogP contribution in [0, 0.1) is 0 Å². The number of hydrogen-bond acceptors (Lipinski definition) is 2. The van der Waals surface area contributed by atoms with Gasteiger partial charge in [-0.05, 0) is 44.2 Å². The lowest BCUT2D eigenvalue weighted by molar-refractivity contribution is -0.143. The van der Waals surface area contributed by atoms with E-state index in [0.717, 1.165) is 18.4 Å². The van der Waals surface area contributed by atoms with Crippen LogP contribution in [0.15, 0.2) is 24.3 Å². The van der Waals surface area contributed by atoms with Crippen LogP contribution in [0.3, 0.4) is 0 Å². The molecule has 1 aliphatic rings. The molecule has 3 rings (SSSR count). The lowest BCUT2D eigenvalue weighted by atomic mass is 9.95. The smallest absolute Gasteiger partial charge is 0.328 e. The second kappa shape index (κ2) is 4.72. The Hall–Kier alpha value is -1.77. The first-order valence-electron chi connectivity index (χ1n) is 6.92. The topological polar surface area (TPSA) is 31.2 Å². The highest BCUT2D eigenvalue weighted by Crippen LogP contribution is 2.34. The van der Waals surface area contributed by atoms with Crippen molar-refractivity contribution in [2.45, 2.75) is 38.6 Å². The summed E-state index contributed by atoms with van der Waals surface area (Å²) in [4.78, 5) is 11.9. The number of nitrogens with zero attached hydrogens (tertiary/aromatic N) is 1. The summed E-state index contributed by atoms with van der Waals surface area (Å²) in [6.07, 6.45) is 4.63. The minimum atomic E-state index is -0.253. The Kier molecular flexibility index (Phi) is 3.05. The summed E-state index contributed by atoms with van der Waals surface area (Å²) in [5.41, 5.74) is 3.91. The average Bonchev–Trinajstić information content (AvgIpc) is 2.80. The lowest BCUT2D eigenvalue weighted by Crippen LogP contribution is -2.20. The zero-order chi connectivity index (χ0) is 13.4. The van der Waals surface area contributed by atoms with Crippen molar-refractivity contribution in [2.24, 2.45) is 0 Å². The number of fused-ring (bicyclic) bond motifs is 3. The number of ether oxygens (including phenoxy) is 1. The fourth-order valence-corrected chi connectivity index (χ4v) is 3.25. The van der Waals surface area contributed by atoms with E-state index >= 15 is 0 Å². The zero-order valence-corrected chi connectivity index (χ0v) is 11.5. The maximum absolute atomic E-state index is 11.9. The summed E-state index contributed by atoms with van der Waals surface area (Å²) in [7, 11) is 1.46. The molecule has 1 atom stereocenters.